The minimum absolute atomic E-state index is 0.0565. The van der Waals surface area contributed by atoms with Gasteiger partial charge in [-0.25, -0.2) is 0 Å². The van der Waals surface area contributed by atoms with Crippen molar-refractivity contribution in [2.45, 2.75) is 44.7 Å². The van der Waals surface area contributed by atoms with E-state index in [1.165, 1.54) is 0 Å². The van der Waals surface area contributed by atoms with Crippen LogP contribution in [0.4, 0.5) is 0 Å². The Morgan fingerprint density at radius 1 is 1.61 bits per heavy atom. The lowest BCUT2D eigenvalue weighted by molar-refractivity contribution is -0.123. The molecule has 0 spiro atoms. The first-order valence-corrected chi connectivity index (χ1v) is 6.80. The normalized spacial score (nSPS) is 22.1. The highest BCUT2D eigenvalue weighted by molar-refractivity contribution is 5.78. The van der Waals surface area contributed by atoms with Crippen LogP contribution >= 0.6 is 0 Å². The van der Waals surface area contributed by atoms with Crippen molar-refractivity contribution in [3.8, 4) is 0 Å². The maximum Gasteiger partial charge on any atom is 0.234 e. The average Bonchev–Trinajstić information content (AvgIpc) is 2.73. The molecule has 2 N–H and O–H groups in total. The number of hydrogen-bond donors (Lipinski definition) is 2. The lowest BCUT2D eigenvalue weighted by Crippen LogP contribution is -2.44. The molecule has 1 fully saturated rings. The first-order valence-electron chi connectivity index (χ1n) is 6.80. The fourth-order valence-electron chi connectivity index (χ4n) is 2.55. The van der Waals surface area contributed by atoms with Crippen molar-refractivity contribution in [3.05, 3.63) is 0 Å². The Labute approximate surface area is 109 Å². The van der Waals surface area contributed by atoms with Crippen LogP contribution in [-0.2, 0) is 9.53 Å². The number of aliphatic hydroxyl groups excluding tert-OH is 1. The Morgan fingerprint density at radius 3 is 3.06 bits per heavy atom. The van der Waals surface area contributed by atoms with Gasteiger partial charge in [0.25, 0.3) is 0 Å². The molecule has 0 radical (unpaired) electrons. The van der Waals surface area contributed by atoms with Gasteiger partial charge < -0.3 is 15.2 Å². The largest absolute Gasteiger partial charge is 0.396 e. The van der Waals surface area contributed by atoms with Crippen LogP contribution in [0.5, 0.6) is 0 Å². The first kappa shape index (κ1) is 15.4. The van der Waals surface area contributed by atoms with E-state index in [1.54, 1.807) is 7.11 Å². The first-order chi connectivity index (χ1) is 8.67. The Hall–Kier alpha value is -0.650. The molecule has 0 aliphatic carbocycles. The third-order valence-electron chi connectivity index (χ3n) is 3.37. The molecule has 5 nitrogen and oxygen atoms in total. The van der Waals surface area contributed by atoms with Crippen molar-refractivity contribution in [1.82, 2.24) is 10.2 Å². The Bertz CT molecular complexity index is 248. The van der Waals surface area contributed by atoms with Gasteiger partial charge in [0, 0.05) is 25.8 Å². The lowest BCUT2D eigenvalue weighted by Gasteiger charge is -2.24. The molecule has 106 valence electrons. The number of likely N-dealkylation sites (tertiary alicyclic amines) is 1. The lowest BCUT2D eigenvalue weighted by atomic mass is 10.1. The fourth-order valence-corrected chi connectivity index (χ4v) is 2.55. The Morgan fingerprint density at radius 2 is 2.39 bits per heavy atom. The number of nitrogens with one attached hydrogen (secondary N) is 1. The predicted octanol–water partition coefficient (Wildman–Crippen LogP) is 0.374. The monoisotopic (exact) mass is 258 g/mol. The van der Waals surface area contributed by atoms with Crippen LogP contribution in [0.3, 0.4) is 0 Å². The fraction of sp³-hybridized carbons (Fsp3) is 0.923. The van der Waals surface area contributed by atoms with Crippen molar-refractivity contribution in [2.24, 2.45) is 0 Å². The summed E-state index contributed by atoms with van der Waals surface area (Å²) in [6.07, 6.45) is 4.10. The number of methoxy groups -OCH3 is 1. The van der Waals surface area contributed by atoms with E-state index in [-0.39, 0.29) is 18.6 Å². The van der Waals surface area contributed by atoms with Crippen molar-refractivity contribution >= 4 is 5.91 Å². The minimum Gasteiger partial charge on any atom is -0.396 e. The van der Waals surface area contributed by atoms with Gasteiger partial charge in [0.05, 0.1) is 13.2 Å². The summed E-state index contributed by atoms with van der Waals surface area (Å²) in [6.45, 7) is 4.17. The van der Waals surface area contributed by atoms with Crippen LogP contribution in [0, 0.1) is 0 Å². The van der Waals surface area contributed by atoms with Crippen LogP contribution in [-0.4, -0.2) is 61.4 Å². The van der Waals surface area contributed by atoms with Crippen molar-refractivity contribution in [1.29, 1.82) is 0 Å². The third-order valence-corrected chi connectivity index (χ3v) is 3.37. The molecule has 2 unspecified atom stereocenters. The third kappa shape index (κ3) is 5.33. The number of hydrogen-bond acceptors (Lipinski definition) is 4. The molecular weight excluding hydrogens is 232 g/mol. The highest BCUT2D eigenvalue weighted by Crippen LogP contribution is 2.20. The summed E-state index contributed by atoms with van der Waals surface area (Å²) < 4.78 is 4.99. The number of amides is 1. The van der Waals surface area contributed by atoms with Gasteiger partial charge in [-0.05, 0) is 39.2 Å². The van der Waals surface area contributed by atoms with Crippen LogP contribution < -0.4 is 5.32 Å². The second-order valence-corrected chi connectivity index (χ2v) is 5.06. The SMILES string of the molecule is COCC(C)NC(=O)CN1CCCC1CCCO. The molecular formula is C13H26N2O3. The number of aliphatic hydroxyl groups is 1. The topological polar surface area (TPSA) is 61.8 Å². The van der Waals surface area contributed by atoms with Crippen molar-refractivity contribution in [2.75, 3.05) is 33.4 Å². The van der Waals surface area contributed by atoms with E-state index in [2.05, 4.69) is 10.2 Å². The van der Waals surface area contributed by atoms with Crippen LogP contribution in [0.15, 0.2) is 0 Å². The standard InChI is InChI=1S/C13H26N2O3/c1-11(10-18-2)14-13(17)9-15-7-3-5-12(15)6-4-8-16/h11-12,16H,3-10H2,1-2H3,(H,14,17). The summed E-state index contributed by atoms with van der Waals surface area (Å²) in [5.41, 5.74) is 0. The molecule has 18 heavy (non-hydrogen) atoms. The molecule has 0 aromatic heterocycles. The van der Waals surface area contributed by atoms with Gasteiger partial charge in [0.1, 0.15) is 0 Å². The highest BCUT2D eigenvalue weighted by atomic mass is 16.5. The minimum atomic E-state index is 0.0565. The van der Waals surface area contributed by atoms with Crippen molar-refractivity contribution in [3.63, 3.8) is 0 Å². The second kappa shape index (κ2) is 8.45. The molecule has 1 heterocycles. The average molecular weight is 258 g/mol. The summed E-state index contributed by atoms with van der Waals surface area (Å²) in [4.78, 5) is 14.1. The van der Waals surface area contributed by atoms with Gasteiger partial charge in [-0.2, -0.15) is 0 Å². The van der Waals surface area contributed by atoms with Gasteiger partial charge in [0.15, 0.2) is 0 Å². The number of carbonyl (C=O) groups is 1. The molecule has 1 amide bonds. The zero-order valence-corrected chi connectivity index (χ0v) is 11.5. The van der Waals surface area contributed by atoms with Gasteiger partial charge in [-0.15, -0.1) is 0 Å². The van der Waals surface area contributed by atoms with Gasteiger partial charge >= 0.3 is 0 Å². The van der Waals surface area contributed by atoms with E-state index < -0.39 is 0 Å². The molecule has 2 atom stereocenters. The van der Waals surface area contributed by atoms with Gasteiger partial charge in [-0.3, -0.25) is 9.69 Å². The summed E-state index contributed by atoms with van der Waals surface area (Å²) in [5.74, 6) is 0.0652. The smallest absolute Gasteiger partial charge is 0.234 e. The van der Waals surface area contributed by atoms with E-state index >= 15 is 0 Å². The number of rotatable bonds is 8. The molecule has 0 aromatic rings. The number of carbonyl (C=O) groups excluding carboxylic acids is 1. The zero-order valence-electron chi connectivity index (χ0n) is 11.5. The predicted molar refractivity (Wildman–Crippen MR) is 70.4 cm³/mol. The molecule has 0 bridgehead atoms. The molecule has 1 rings (SSSR count). The molecule has 0 aromatic carbocycles. The van der Waals surface area contributed by atoms with E-state index in [0.717, 1.165) is 32.2 Å². The molecule has 1 aliphatic rings. The van der Waals surface area contributed by atoms with E-state index in [9.17, 15) is 4.79 Å². The Balaban J connectivity index is 2.29. The quantitative estimate of drug-likeness (QED) is 0.660. The molecule has 0 saturated carbocycles. The van der Waals surface area contributed by atoms with E-state index in [4.69, 9.17) is 9.84 Å². The summed E-state index contributed by atoms with van der Waals surface area (Å²) in [6, 6.07) is 0.515. The Kier molecular flexibility index (Phi) is 7.23. The van der Waals surface area contributed by atoms with Crippen molar-refractivity contribution < 1.29 is 14.6 Å². The van der Waals surface area contributed by atoms with Gasteiger partial charge in [-0.1, -0.05) is 0 Å². The van der Waals surface area contributed by atoms with Crippen LogP contribution in [0.2, 0.25) is 0 Å². The molecule has 1 aliphatic heterocycles. The second-order valence-electron chi connectivity index (χ2n) is 5.06. The van der Waals surface area contributed by atoms with E-state index in [0.29, 0.717) is 19.2 Å². The molecule has 1 saturated heterocycles. The van der Waals surface area contributed by atoms with E-state index in [1.807, 2.05) is 6.92 Å². The van der Waals surface area contributed by atoms with Gasteiger partial charge in [0.2, 0.25) is 5.91 Å². The number of ether oxygens (including phenoxy) is 1. The highest BCUT2D eigenvalue weighted by Gasteiger charge is 2.25. The van der Waals surface area contributed by atoms with Crippen LogP contribution in [0.25, 0.3) is 0 Å². The molecule has 5 heteroatoms. The maximum atomic E-state index is 11.8. The van der Waals surface area contributed by atoms with Crippen LogP contribution in [0.1, 0.15) is 32.6 Å². The maximum absolute atomic E-state index is 11.8. The summed E-state index contributed by atoms with van der Waals surface area (Å²) in [5, 5.41) is 11.8. The zero-order chi connectivity index (χ0) is 13.4. The summed E-state index contributed by atoms with van der Waals surface area (Å²) in [7, 11) is 1.63. The summed E-state index contributed by atoms with van der Waals surface area (Å²) >= 11 is 0. The number of nitrogens with zero attached hydrogens (tertiary/aromatic N) is 1.